The molecular formula is C12H13Cl2O5P. The first kappa shape index (κ1) is 17.3. The van der Waals surface area contributed by atoms with Gasteiger partial charge in [-0.25, -0.2) is 0 Å². The van der Waals surface area contributed by atoms with Gasteiger partial charge >= 0.3 is 7.60 Å². The summed E-state index contributed by atoms with van der Waals surface area (Å²) in [4.78, 5) is 22.5. The maximum absolute atomic E-state index is 12.6. The number of carbonyl (C=O) groups excluding carboxylic acids is 2. The van der Waals surface area contributed by atoms with E-state index in [1.807, 2.05) is 0 Å². The van der Waals surface area contributed by atoms with Crippen LogP contribution in [0.1, 0.15) is 34.6 Å². The van der Waals surface area contributed by atoms with Crippen LogP contribution in [0, 0.1) is 0 Å². The van der Waals surface area contributed by atoms with E-state index in [-0.39, 0.29) is 29.6 Å². The molecule has 0 bridgehead atoms. The van der Waals surface area contributed by atoms with E-state index >= 15 is 0 Å². The predicted octanol–water partition coefficient (Wildman–Crippen LogP) is 3.34. The zero-order valence-corrected chi connectivity index (χ0v) is 13.3. The first-order valence-corrected chi connectivity index (χ1v) is 8.08. The summed E-state index contributed by atoms with van der Waals surface area (Å²) in [5.41, 5.74) is -0.0133. The summed E-state index contributed by atoms with van der Waals surface area (Å²) in [7, 11) is -3.63. The molecule has 0 radical (unpaired) electrons. The van der Waals surface area contributed by atoms with Crippen LogP contribution in [0.5, 0.6) is 0 Å². The first-order valence-electron chi connectivity index (χ1n) is 5.78. The van der Waals surface area contributed by atoms with Crippen molar-refractivity contribution in [3.05, 3.63) is 29.3 Å². The minimum atomic E-state index is -3.63. The van der Waals surface area contributed by atoms with Gasteiger partial charge in [0.25, 0.3) is 10.5 Å². The van der Waals surface area contributed by atoms with Gasteiger partial charge in [-0.3, -0.25) is 14.2 Å². The molecule has 0 aliphatic heterocycles. The first-order chi connectivity index (χ1) is 9.34. The predicted molar refractivity (Wildman–Crippen MR) is 77.3 cm³/mol. The van der Waals surface area contributed by atoms with Crippen molar-refractivity contribution in [1.82, 2.24) is 0 Å². The third kappa shape index (κ3) is 4.14. The Morgan fingerprint density at radius 1 is 1.00 bits per heavy atom. The van der Waals surface area contributed by atoms with Crippen LogP contribution in [0.3, 0.4) is 0 Å². The Bertz CT molecular complexity index is 531. The van der Waals surface area contributed by atoms with Crippen LogP contribution in [-0.2, 0) is 13.6 Å². The van der Waals surface area contributed by atoms with Crippen LogP contribution in [0.15, 0.2) is 18.2 Å². The number of rotatable bonds is 7. The molecule has 0 amide bonds. The highest BCUT2D eigenvalue weighted by Gasteiger charge is 2.28. The van der Waals surface area contributed by atoms with Crippen molar-refractivity contribution >= 4 is 46.6 Å². The molecule has 0 saturated heterocycles. The molecule has 1 rings (SSSR count). The van der Waals surface area contributed by atoms with Crippen LogP contribution in [0.4, 0.5) is 0 Å². The summed E-state index contributed by atoms with van der Waals surface area (Å²) in [6.07, 6.45) is 0. The van der Waals surface area contributed by atoms with Gasteiger partial charge in [0.1, 0.15) is 0 Å². The average Bonchev–Trinajstić information content (AvgIpc) is 2.38. The van der Waals surface area contributed by atoms with Crippen molar-refractivity contribution in [1.29, 1.82) is 0 Å². The van der Waals surface area contributed by atoms with Crippen LogP contribution < -0.4 is 5.30 Å². The van der Waals surface area contributed by atoms with E-state index in [1.165, 1.54) is 18.2 Å². The highest BCUT2D eigenvalue weighted by atomic mass is 35.5. The largest absolute Gasteiger partial charge is 0.361 e. The van der Waals surface area contributed by atoms with Crippen molar-refractivity contribution in [3.8, 4) is 0 Å². The molecule has 0 unspecified atom stereocenters. The summed E-state index contributed by atoms with van der Waals surface area (Å²) in [5.74, 6) is 0. The third-order valence-electron chi connectivity index (χ3n) is 2.29. The van der Waals surface area contributed by atoms with E-state index in [2.05, 4.69) is 0 Å². The van der Waals surface area contributed by atoms with Crippen molar-refractivity contribution in [3.63, 3.8) is 0 Å². The van der Waals surface area contributed by atoms with Gasteiger partial charge in [0.15, 0.2) is 0 Å². The fourth-order valence-corrected chi connectivity index (χ4v) is 3.39. The standard InChI is InChI=1S/C12H13Cl2O5P/c1-3-18-20(17,19-4-2)10-6-8(11(13)15)5-9(7-10)12(14)16/h5-7H,3-4H2,1-2H3. The molecule has 1 aromatic carbocycles. The molecule has 0 spiro atoms. The fraction of sp³-hybridized carbons (Fsp3) is 0.333. The number of halogens is 2. The smallest absolute Gasteiger partial charge is 0.305 e. The van der Waals surface area contributed by atoms with E-state index < -0.39 is 18.1 Å². The van der Waals surface area contributed by atoms with Gasteiger partial charge in [-0.1, -0.05) is 0 Å². The molecule has 0 saturated carbocycles. The van der Waals surface area contributed by atoms with Gasteiger partial charge in [-0.15, -0.1) is 0 Å². The maximum Gasteiger partial charge on any atom is 0.361 e. The van der Waals surface area contributed by atoms with Crippen molar-refractivity contribution < 1.29 is 23.2 Å². The molecule has 1 aromatic rings. The minimum Gasteiger partial charge on any atom is -0.305 e. The quantitative estimate of drug-likeness (QED) is 0.563. The topological polar surface area (TPSA) is 69.7 Å². The molecule has 0 N–H and O–H groups in total. The molecule has 0 aliphatic rings. The molecule has 20 heavy (non-hydrogen) atoms. The molecule has 0 heterocycles. The Hall–Kier alpha value is -0.710. The molecule has 0 aliphatic carbocycles. The lowest BCUT2D eigenvalue weighted by molar-refractivity contribution is 0.108. The van der Waals surface area contributed by atoms with Gasteiger partial charge in [-0.05, 0) is 55.2 Å². The Labute approximate surface area is 126 Å². The fourth-order valence-electron chi connectivity index (χ4n) is 1.52. The van der Waals surface area contributed by atoms with Crippen LogP contribution >= 0.6 is 30.8 Å². The number of hydrogen-bond acceptors (Lipinski definition) is 5. The van der Waals surface area contributed by atoms with Gasteiger partial charge < -0.3 is 9.05 Å². The second-order valence-electron chi connectivity index (χ2n) is 3.65. The molecule has 0 aromatic heterocycles. The van der Waals surface area contributed by atoms with Crippen LogP contribution in [-0.4, -0.2) is 23.7 Å². The van der Waals surface area contributed by atoms with Gasteiger partial charge in [0.05, 0.1) is 18.5 Å². The van der Waals surface area contributed by atoms with Crippen LogP contribution in [0.25, 0.3) is 0 Å². The van der Waals surface area contributed by atoms with E-state index in [0.29, 0.717) is 0 Å². The Morgan fingerprint density at radius 3 is 1.70 bits per heavy atom. The Balaban J connectivity index is 3.44. The molecule has 0 fully saturated rings. The zero-order valence-electron chi connectivity index (χ0n) is 10.9. The zero-order chi connectivity index (χ0) is 15.3. The Kier molecular flexibility index (Phi) is 6.37. The third-order valence-corrected chi connectivity index (χ3v) is 4.81. The second-order valence-corrected chi connectivity index (χ2v) is 6.36. The lowest BCUT2D eigenvalue weighted by atomic mass is 10.1. The SMILES string of the molecule is CCOP(=O)(OCC)c1cc(C(=O)Cl)cc(C(=O)Cl)c1. The molecule has 110 valence electrons. The van der Waals surface area contributed by atoms with E-state index in [1.54, 1.807) is 13.8 Å². The minimum absolute atomic E-state index is 0.00667. The van der Waals surface area contributed by atoms with Crippen LogP contribution in [0.2, 0.25) is 0 Å². The van der Waals surface area contributed by atoms with E-state index in [0.717, 1.165) is 0 Å². The summed E-state index contributed by atoms with van der Waals surface area (Å²) >= 11 is 10.8. The summed E-state index contributed by atoms with van der Waals surface area (Å²) in [6.45, 7) is 3.58. The molecule has 5 nitrogen and oxygen atoms in total. The molecule has 0 atom stereocenters. The maximum atomic E-state index is 12.6. The number of carbonyl (C=O) groups is 2. The normalized spacial score (nSPS) is 11.4. The molecule has 8 heteroatoms. The monoisotopic (exact) mass is 338 g/mol. The van der Waals surface area contributed by atoms with Crippen molar-refractivity contribution in [2.24, 2.45) is 0 Å². The summed E-state index contributed by atoms with van der Waals surface area (Å²) in [5, 5.41) is -1.53. The molecular weight excluding hydrogens is 326 g/mol. The lowest BCUT2D eigenvalue weighted by Crippen LogP contribution is -2.14. The Morgan fingerprint density at radius 2 is 1.40 bits per heavy atom. The highest BCUT2D eigenvalue weighted by molar-refractivity contribution is 7.62. The van der Waals surface area contributed by atoms with E-state index in [4.69, 9.17) is 32.2 Å². The van der Waals surface area contributed by atoms with Crippen molar-refractivity contribution in [2.75, 3.05) is 13.2 Å². The average molecular weight is 339 g/mol. The summed E-state index contributed by atoms with van der Waals surface area (Å²) in [6, 6.07) is 3.76. The second kappa shape index (κ2) is 7.34. The van der Waals surface area contributed by atoms with Gasteiger partial charge in [0, 0.05) is 11.1 Å². The lowest BCUT2D eigenvalue weighted by Gasteiger charge is -2.18. The summed E-state index contributed by atoms with van der Waals surface area (Å²) < 4.78 is 22.9. The van der Waals surface area contributed by atoms with E-state index in [9.17, 15) is 14.2 Å². The number of benzene rings is 1. The highest BCUT2D eigenvalue weighted by Crippen LogP contribution is 2.47. The number of hydrogen-bond donors (Lipinski definition) is 0. The van der Waals surface area contributed by atoms with Crippen molar-refractivity contribution in [2.45, 2.75) is 13.8 Å². The van der Waals surface area contributed by atoms with Gasteiger partial charge in [-0.2, -0.15) is 0 Å². The van der Waals surface area contributed by atoms with Gasteiger partial charge in [0.2, 0.25) is 0 Å².